The summed E-state index contributed by atoms with van der Waals surface area (Å²) in [5.41, 5.74) is 1.93. The van der Waals surface area contributed by atoms with Gasteiger partial charge in [-0.25, -0.2) is 4.79 Å². The maximum atomic E-state index is 13.4. The van der Waals surface area contributed by atoms with Crippen molar-refractivity contribution in [3.8, 4) is 0 Å². The molecule has 0 unspecified atom stereocenters. The van der Waals surface area contributed by atoms with Crippen molar-refractivity contribution in [1.82, 2.24) is 16.0 Å². The van der Waals surface area contributed by atoms with Gasteiger partial charge in [-0.2, -0.15) is 0 Å². The summed E-state index contributed by atoms with van der Waals surface area (Å²) in [5, 5.41) is 17.3. The number of hydrogen-bond donors (Lipinski definition) is 4. The molecule has 0 heterocycles. The Balaban J connectivity index is 1.99. The van der Waals surface area contributed by atoms with Crippen molar-refractivity contribution in [2.75, 3.05) is 39.5 Å². The summed E-state index contributed by atoms with van der Waals surface area (Å²) in [6.45, 7) is 8.63. The van der Waals surface area contributed by atoms with Crippen molar-refractivity contribution < 1.29 is 38.5 Å². The zero-order valence-electron chi connectivity index (χ0n) is 29.2. The van der Waals surface area contributed by atoms with Gasteiger partial charge < -0.3 is 35.3 Å². The predicted molar refractivity (Wildman–Crippen MR) is 193 cm³/mol. The highest BCUT2D eigenvalue weighted by Crippen LogP contribution is 2.18. The largest absolute Gasteiger partial charge is 0.463 e. The minimum atomic E-state index is -0.671. The standard InChI is InChI=1S/C39H55N3O8/c1-3-5-8-20-34(27-31-16-9-6-10-17-31)38(46)49-30-35(21-13-14-22-41-39(47)50-29-32-18-11-7-12-19-32)42-37(45)33(15-4-2)28-36(44)40-23-25-48-26-24-43/h3-4,6-7,9-12,16-19,33-35,43H,1-2,5,8,13-15,20-30H2,(H,40,44)(H,41,47)(H,42,45)/t33-,34-,35+/m1/s1. The number of nitrogens with one attached hydrogen (secondary N) is 3. The number of rotatable bonds is 27. The number of esters is 1. The van der Waals surface area contributed by atoms with Crippen molar-refractivity contribution >= 4 is 23.9 Å². The molecule has 0 aliphatic carbocycles. The smallest absolute Gasteiger partial charge is 0.407 e. The molecule has 0 aliphatic rings. The lowest BCUT2D eigenvalue weighted by atomic mass is 9.94. The van der Waals surface area contributed by atoms with Crippen LogP contribution in [0.15, 0.2) is 86.0 Å². The molecule has 0 saturated carbocycles. The van der Waals surface area contributed by atoms with E-state index < -0.39 is 18.1 Å². The summed E-state index contributed by atoms with van der Waals surface area (Å²) >= 11 is 0. The van der Waals surface area contributed by atoms with Gasteiger partial charge in [0, 0.05) is 19.5 Å². The molecule has 3 atom stereocenters. The SMILES string of the molecule is C=CCCC[C@H](Cc1ccccc1)C(=O)OC[C@H](CCCCNC(=O)OCc1ccccc1)NC(=O)[C@H](CC=C)CC(=O)NCCOCCO. The van der Waals surface area contributed by atoms with Crippen LogP contribution in [0.3, 0.4) is 0 Å². The molecule has 0 aliphatic heterocycles. The lowest BCUT2D eigenvalue weighted by Crippen LogP contribution is -2.43. The van der Waals surface area contributed by atoms with E-state index >= 15 is 0 Å². The van der Waals surface area contributed by atoms with E-state index in [1.807, 2.05) is 66.7 Å². The van der Waals surface area contributed by atoms with Crippen LogP contribution in [-0.4, -0.2) is 74.5 Å². The van der Waals surface area contributed by atoms with Crippen molar-refractivity contribution in [2.24, 2.45) is 11.8 Å². The number of hydrogen-bond acceptors (Lipinski definition) is 8. The molecule has 0 bridgehead atoms. The van der Waals surface area contributed by atoms with E-state index in [0.29, 0.717) is 38.6 Å². The Bertz CT molecular complexity index is 1270. The Labute approximate surface area is 296 Å². The lowest BCUT2D eigenvalue weighted by Gasteiger charge is -2.24. The first-order valence-electron chi connectivity index (χ1n) is 17.5. The number of allylic oxidation sites excluding steroid dienone is 2. The van der Waals surface area contributed by atoms with Crippen LogP contribution < -0.4 is 16.0 Å². The van der Waals surface area contributed by atoms with Gasteiger partial charge in [-0.1, -0.05) is 72.8 Å². The van der Waals surface area contributed by atoms with Crippen LogP contribution in [0.2, 0.25) is 0 Å². The molecule has 50 heavy (non-hydrogen) atoms. The number of carbonyl (C=O) groups excluding carboxylic acids is 4. The summed E-state index contributed by atoms with van der Waals surface area (Å²) in [6, 6.07) is 18.7. The van der Waals surface area contributed by atoms with Crippen LogP contribution in [0, 0.1) is 11.8 Å². The second-order valence-electron chi connectivity index (χ2n) is 12.0. The fourth-order valence-electron chi connectivity index (χ4n) is 5.22. The molecule has 0 fully saturated rings. The van der Waals surface area contributed by atoms with Gasteiger partial charge >= 0.3 is 12.1 Å². The minimum absolute atomic E-state index is 0.0287. The Kier molecular flexibility index (Phi) is 22.0. The van der Waals surface area contributed by atoms with Gasteiger partial charge in [-0.3, -0.25) is 14.4 Å². The van der Waals surface area contributed by atoms with Gasteiger partial charge in [0.2, 0.25) is 11.8 Å². The van der Waals surface area contributed by atoms with Gasteiger partial charge in [-0.15, -0.1) is 13.2 Å². The number of benzene rings is 2. The minimum Gasteiger partial charge on any atom is -0.463 e. The Morgan fingerprint density at radius 2 is 1.50 bits per heavy atom. The third-order valence-electron chi connectivity index (χ3n) is 7.91. The van der Waals surface area contributed by atoms with Gasteiger partial charge in [0.1, 0.15) is 13.2 Å². The van der Waals surface area contributed by atoms with Crippen LogP contribution in [-0.2, 0) is 41.6 Å². The van der Waals surface area contributed by atoms with E-state index in [9.17, 15) is 19.2 Å². The quantitative estimate of drug-likeness (QED) is 0.0578. The van der Waals surface area contributed by atoms with E-state index in [-0.39, 0.29) is 76.1 Å². The van der Waals surface area contributed by atoms with E-state index in [1.54, 1.807) is 6.08 Å². The molecular formula is C39H55N3O8. The first-order chi connectivity index (χ1) is 24.4. The predicted octanol–water partition coefficient (Wildman–Crippen LogP) is 5.03. The number of amides is 3. The third-order valence-corrected chi connectivity index (χ3v) is 7.91. The molecule has 274 valence electrons. The van der Waals surface area contributed by atoms with Crippen molar-refractivity contribution in [3.63, 3.8) is 0 Å². The number of aliphatic hydroxyl groups is 1. The molecule has 4 N–H and O–H groups in total. The van der Waals surface area contributed by atoms with Crippen molar-refractivity contribution in [1.29, 1.82) is 0 Å². The summed E-state index contributed by atoms with van der Waals surface area (Å²) < 4.78 is 16.3. The summed E-state index contributed by atoms with van der Waals surface area (Å²) in [7, 11) is 0. The average Bonchev–Trinajstić information content (AvgIpc) is 3.12. The molecule has 11 nitrogen and oxygen atoms in total. The summed E-state index contributed by atoms with van der Waals surface area (Å²) in [5.74, 6) is -2.00. The first kappa shape index (κ1) is 41.7. The van der Waals surface area contributed by atoms with E-state index in [4.69, 9.17) is 19.3 Å². The van der Waals surface area contributed by atoms with Crippen molar-refractivity contribution in [2.45, 2.75) is 70.4 Å². The Hall–Kier alpha value is -4.48. The van der Waals surface area contributed by atoms with Gasteiger partial charge in [-0.05, 0) is 62.5 Å². The van der Waals surface area contributed by atoms with E-state index in [1.165, 1.54) is 0 Å². The molecule has 11 heteroatoms. The maximum absolute atomic E-state index is 13.4. The lowest BCUT2D eigenvalue weighted by molar-refractivity contribution is -0.150. The van der Waals surface area contributed by atoms with Gasteiger partial charge in [0.25, 0.3) is 0 Å². The zero-order chi connectivity index (χ0) is 36.2. The highest BCUT2D eigenvalue weighted by Gasteiger charge is 2.26. The van der Waals surface area contributed by atoms with Crippen LogP contribution in [0.5, 0.6) is 0 Å². The van der Waals surface area contributed by atoms with Crippen LogP contribution in [0.25, 0.3) is 0 Å². The number of aliphatic hydroxyl groups excluding tert-OH is 1. The second-order valence-corrected chi connectivity index (χ2v) is 12.0. The average molecular weight is 694 g/mol. The molecular weight excluding hydrogens is 638 g/mol. The van der Waals surface area contributed by atoms with Gasteiger partial charge in [0.05, 0.1) is 37.7 Å². The van der Waals surface area contributed by atoms with Gasteiger partial charge in [0.15, 0.2) is 0 Å². The normalized spacial score (nSPS) is 12.5. The Morgan fingerprint density at radius 1 is 0.780 bits per heavy atom. The zero-order valence-corrected chi connectivity index (χ0v) is 29.2. The van der Waals surface area contributed by atoms with Crippen LogP contribution >= 0.6 is 0 Å². The number of alkyl carbamates (subject to hydrolysis) is 1. The monoisotopic (exact) mass is 693 g/mol. The van der Waals surface area contributed by atoms with Crippen molar-refractivity contribution in [3.05, 3.63) is 97.1 Å². The van der Waals surface area contributed by atoms with Crippen LogP contribution in [0.4, 0.5) is 4.79 Å². The van der Waals surface area contributed by atoms with Crippen LogP contribution in [0.1, 0.15) is 62.5 Å². The topological polar surface area (TPSA) is 152 Å². The fraction of sp³-hybridized carbons (Fsp3) is 0.487. The summed E-state index contributed by atoms with van der Waals surface area (Å²) in [4.78, 5) is 51.5. The molecule has 2 aromatic rings. The molecule has 0 saturated heterocycles. The number of unbranched alkanes of at least 4 members (excludes halogenated alkanes) is 2. The fourth-order valence-corrected chi connectivity index (χ4v) is 5.22. The maximum Gasteiger partial charge on any atom is 0.407 e. The molecule has 0 aromatic heterocycles. The highest BCUT2D eigenvalue weighted by atomic mass is 16.5. The van der Waals surface area contributed by atoms with E-state index in [0.717, 1.165) is 24.0 Å². The molecule has 3 amide bonds. The van der Waals surface area contributed by atoms with E-state index in [2.05, 4.69) is 29.1 Å². The number of ether oxygens (including phenoxy) is 3. The molecule has 2 aromatic carbocycles. The third kappa shape index (κ3) is 18.9. The second kappa shape index (κ2) is 26.4. The molecule has 0 radical (unpaired) electrons. The first-order valence-corrected chi connectivity index (χ1v) is 17.5. The Morgan fingerprint density at radius 3 is 2.18 bits per heavy atom. The summed E-state index contributed by atoms with van der Waals surface area (Å²) in [6.07, 6.45) is 7.63. The highest BCUT2D eigenvalue weighted by molar-refractivity contribution is 5.86. The number of carbonyl (C=O) groups is 4. The molecule has 2 rings (SSSR count). The molecule has 0 spiro atoms.